The van der Waals surface area contributed by atoms with Gasteiger partial charge in [-0.25, -0.2) is 4.79 Å². The maximum Gasteiger partial charge on any atom is 0.411 e. The number of carboxylic acid groups (broad SMARTS) is 1. The number of piperidine rings is 1. The maximum absolute atomic E-state index is 12.9. The van der Waals surface area contributed by atoms with E-state index in [9.17, 15) is 14.7 Å². The summed E-state index contributed by atoms with van der Waals surface area (Å²) in [5.41, 5.74) is 3.27. The van der Waals surface area contributed by atoms with Crippen LogP contribution in [0.1, 0.15) is 45.6 Å². The molecule has 7 heteroatoms. The van der Waals surface area contributed by atoms with Gasteiger partial charge in [-0.05, 0) is 48.6 Å². The lowest BCUT2D eigenvalue weighted by molar-refractivity contribution is -0.145. The number of amides is 1. The standard InChI is InChI=1S/C29H36N2O5/c1-29(2,3)21(27(32)33)12-10-17-11-13-22(20(14-17)18-8-6-5-7-9-18)30-28(34)35-19-15-23-25-26(36-25)24(16-19)31(23)4/h5-9,11,13-14,19,21,23-26H,10,12,15-16H2,1-4H3,(H,30,34)(H,32,33)/t19?,21?,23-,24+,25-,26+. The van der Waals surface area contributed by atoms with Gasteiger partial charge in [0, 0.05) is 30.5 Å². The van der Waals surface area contributed by atoms with Crippen LogP contribution in [0.5, 0.6) is 0 Å². The quantitative estimate of drug-likeness (QED) is 0.517. The average molecular weight is 493 g/mol. The van der Waals surface area contributed by atoms with E-state index in [-0.39, 0.29) is 11.5 Å². The summed E-state index contributed by atoms with van der Waals surface area (Å²) in [7, 11) is 2.13. The SMILES string of the molecule is CN1[C@@H]2CC(OC(=O)Nc3ccc(CCC(C(=O)O)C(C)(C)C)cc3-c3ccccc3)C[C@H]1[C@@H]1O[C@@H]12. The average Bonchev–Trinajstić information content (AvgIpc) is 3.58. The molecule has 0 spiro atoms. The molecular weight excluding hydrogens is 456 g/mol. The Bertz CT molecular complexity index is 1110. The summed E-state index contributed by atoms with van der Waals surface area (Å²) >= 11 is 0. The van der Waals surface area contributed by atoms with Crippen molar-refractivity contribution in [3.8, 4) is 11.1 Å². The van der Waals surface area contributed by atoms with E-state index in [0.717, 1.165) is 29.5 Å². The second kappa shape index (κ2) is 9.52. The topological polar surface area (TPSA) is 91.4 Å². The maximum atomic E-state index is 12.9. The van der Waals surface area contributed by atoms with Crippen molar-refractivity contribution in [1.29, 1.82) is 0 Å². The third-order valence-corrected chi connectivity index (χ3v) is 8.12. The molecule has 3 aliphatic rings. The van der Waals surface area contributed by atoms with Crippen LogP contribution in [-0.4, -0.2) is 59.5 Å². The molecule has 36 heavy (non-hydrogen) atoms. The molecule has 0 radical (unpaired) electrons. The second-order valence-electron chi connectivity index (χ2n) is 11.5. The normalized spacial score (nSPS) is 27.7. The number of rotatable bonds is 7. The number of carbonyl (C=O) groups is 2. The predicted octanol–water partition coefficient (Wildman–Crippen LogP) is 5.19. The molecule has 5 rings (SSSR count). The van der Waals surface area contributed by atoms with Gasteiger partial charge in [-0.15, -0.1) is 0 Å². The lowest BCUT2D eigenvalue weighted by atomic mass is 9.77. The van der Waals surface area contributed by atoms with Crippen LogP contribution < -0.4 is 5.32 Å². The van der Waals surface area contributed by atoms with Gasteiger partial charge in [-0.1, -0.05) is 57.2 Å². The number of hydrogen-bond donors (Lipinski definition) is 2. The fourth-order valence-corrected chi connectivity index (χ4v) is 6.04. The number of benzene rings is 2. The number of ether oxygens (including phenoxy) is 2. The highest BCUT2D eigenvalue weighted by Crippen LogP contribution is 2.48. The molecule has 2 N–H and O–H groups in total. The number of morpholine rings is 1. The van der Waals surface area contributed by atoms with Crippen molar-refractivity contribution in [1.82, 2.24) is 4.90 Å². The smallest absolute Gasteiger partial charge is 0.411 e. The van der Waals surface area contributed by atoms with Crippen LogP contribution >= 0.6 is 0 Å². The van der Waals surface area contributed by atoms with Gasteiger partial charge in [0.2, 0.25) is 0 Å². The molecule has 2 aromatic rings. The summed E-state index contributed by atoms with van der Waals surface area (Å²) in [4.78, 5) is 27.1. The van der Waals surface area contributed by atoms with Gasteiger partial charge < -0.3 is 14.6 Å². The Morgan fingerprint density at radius 2 is 1.78 bits per heavy atom. The summed E-state index contributed by atoms with van der Waals surface area (Å²) in [5.74, 6) is -1.20. The highest BCUT2D eigenvalue weighted by atomic mass is 16.6. The van der Waals surface area contributed by atoms with Gasteiger partial charge in [0.05, 0.1) is 11.6 Å². The van der Waals surface area contributed by atoms with Crippen molar-refractivity contribution < 1.29 is 24.2 Å². The second-order valence-corrected chi connectivity index (χ2v) is 11.5. The zero-order valence-corrected chi connectivity index (χ0v) is 21.4. The van der Waals surface area contributed by atoms with Gasteiger partial charge in [0.25, 0.3) is 0 Å². The summed E-state index contributed by atoms with van der Waals surface area (Å²) < 4.78 is 11.6. The lowest BCUT2D eigenvalue weighted by Crippen LogP contribution is -2.48. The molecule has 7 nitrogen and oxygen atoms in total. The largest absolute Gasteiger partial charge is 0.481 e. The molecule has 3 heterocycles. The van der Waals surface area contributed by atoms with Gasteiger partial charge in [-0.2, -0.15) is 0 Å². The number of carboxylic acids is 1. The molecule has 3 aliphatic heterocycles. The Hall–Kier alpha value is -2.90. The summed E-state index contributed by atoms with van der Waals surface area (Å²) in [5, 5.41) is 12.7. The summed E-state index contributed by atoms with van der Waals surface area (Å²) in [6, 6.07) is 16.5. The molecule has 6 atom stereocenters. The van der Waals surface area contributed by atoms with Crippen LogP contribution in [0.25, 0.3) is 11.1 Å². The van der Waals surface area contributed by atoms with Crippen molar-refractivity contribution in [2.24, 2.45) is 11.3 Å². The van der Waals surface area contributed by atoms with E-state index in [1.807, 2.05) is 69.3 Å². The zero-order chi connectivity index (χ0) is 25.6. The van der Waals surface area contributed by atoms with Gasteiger partial charge in [0.15, 0.2) is 0 Å². The number of carbonyl (C=O) groups excluding carboxylic acids is 1. The number of aliphatic carboxylic acids is 1. The highest BCUT2D eigenvalue weighted by Gasteiger charge is 2.62. The molecule has 2 aromatic carbocycles. The van der Waals surface area contributed by atoms with Crippen LogP contribution in [0.4, 0.5) is 10.5 Å². The third-order valence-electron chi connectivity index (χ3n) is 8.12. The van der Waals surface area contributed by atoms with Crippen LogP contribution in [0.2, 0.25) is 0 Å². The summed E-state index contributed by atoms with van der Waals surface area (Å²) in [6.07, 6.45) is 2.82. The van der Waals surface area contributed by atoms with E-state index in [0.29, 0.717) is 42.8 Å². The number of fused-ring (bicyclic) bond motifs is 5. The Morgan fingerprint density at radius 3 is 2.39 bits per heavy atom. The van der Waals surface area contributed by atoms with Crippen molar-refractivity contribution in [2.45, 2.75) is 76.9 Å². The van der Waals surface area contributed by atoms with Crippen molar-refractivity contribution >= 4 is 17.7 Å². The number of epoxide rings is 1. The predicted molar refractivity (Wildman–Crippen MR) is 138 cm³/mol. The first kappa shape index (κ1) is 24.8. The molecule has 3 saturated heterocycles. The van der Waals surface area contributed by atoms with Crippen molar-refractivity contribution in [3.05, 3.63) is 54.1 Å². The Balaban J connectivity index is 1.29. The van der Waals surface area contributed by atoms with Crippen LogP contribution in [-0.2, 0) is 20.7 Å². The summed E-state index contributed by atoms with van der Waals surface area (Å²) in [6.45, 7) is 5.89. The molecule has 0 aliphatic carbocycles. The lowest BCUT2D eigenvalue weighted by Gasteiger charge is -2.37. The van der Waals surface area contributed by atoms with E-state index in [1.165, 1.54) is 0 Å². The molecule has 192 valence electrons. The monoisotopic (exact) mass is 492 g/mol. The van der Waals surface area contributed by atoms with E-state index < -0.39 is 18.0 Å². The van der Waals surface area contributed by atoms with Crippen LogP contribution in [0.15, 0.2) is 48.5 Å². The Labute approximate surface area is 212 Å². The highest BCUT2D eigenvalue weighted by molar-refractivity contribution is 5.91. The molecule has 0 saturated carbocycles. The first-order valence-corrected chi connectivity index (χ1v) is 12.9. The van der Waals surface area contributed by atoms with Crippen LogP contribution in [0.3, 0.4) is 0 Å². The number of nitrogens with one attached hydrogen (secondary N) is 1. The zero-order valence-electron chi connectivity index (χ0n) is 21.4. The van der Waals surface area contributed by atoms with Crippen molar-refractivity contribution in [3.63, 3.8) is 0 Å². The number of nitrogens with zero attached hydrogens (tertiary/aromatic N) is 1. The van der Waals surface area contributed by atoms with Crippen molar-refractivity contribution in [2.75, 3.05) is 12.4 Å². The molecule has 3 fully saturated rings. The number of likely N-dealkylation sites (N-methyl/N-ethyl adjacent to an activating group) is 1. The number of aryl methyl sites for hydroxylation is 1. The molecule has 2 unspecified atom stereocenters. The molecule has 1 amide bonds. The Morgan fingerprint density at radius 1 is 1.11 bits per heavy atom. The van der Waals surface area contributed by atoms with Crippen LogP contribution in [0, 0.1) is 11.3 Å². The molecule has 2 bridgehead atoms. The fourth-order valence-electron chi connectivity index (χ4n) is 6.04. The van der Waals surface area contributed by atoms with E-state index in [2.05, 4.69) is 17.3 Å². The third kappa shape index (κ3) is 5.00. The molecule has 0 aromatic heterocycles. The first-order chi connectivity index (χ1) is 17.1. The minimum atomic E-state index is -0.766. The Kier molecular flexibility index (Phi) is 6.55. The van der Waals surface area contributed by atoms with E-state index in [4.69, 9.17) is 9.47 Å². The van der Waals surface area contributed by atoms with E-state index in [1.54, 1.807) is 0 Å². The fraction of sp³-hybridized carbons (Fsp3) is 0.517. The van der Waals surface area contributed by atoms with Gasteiger partial charge in [0.1, 0.15) is 18.3 Å². The number of anilines is 1. The van der Waals surface area contributed by atoms with Gasteiger partial charge in [-0.3, -0.25) is 15.0 Å². The number of hydrogen-bond acceptors (Lipinski definition) is 5. The van der Waals surface area contributed by atoms with Gasteiger partial charge >= 0.3 is 12.1 Å². The molecular formula is C29H36N2O5. The van der Waals surface area contributed by atoms with E-state index >= 15 is 0 Å². The first-order valence-electron chi connectivity index (χ1n) is 12.9. The minimum Gasteiger partial charge on any atom is -0.481 e. The minimum absolute atomic E-state index is 0.114.